The van der Waals surface area contributed by atoms with Gasteiger partial charge in [0.25, 0.3) is 0 Å². The first-order valence-corrected chi connectivity index (χ1v) is 6.59. The van der Waals surface area contributed by atoms with Crippen LogP contribution in [0, 0.1) is 0 Å². The van der Waals surface area contributed by atoms with Crippen LogP contribution in [0.4, 0.5) is 17.1 Å². The van der Waals surface area contributed by atoms with Gasteiger partial charge in [-0.3, -0.25) is 0 Å². The summed E-state index contributed by atoms with van der Waals surface area (Å²) in [6.07, 6.45) is 0.973. The molecule has 2 aromatic carbocycles. The summed E-state index contributed by atoms with van der Waals surface area (Å²) in [5.74, 6) is 0.990. The van der Waals surface area contributed by atoms with E-state index in [1.54, 1.807) is 0 Å². The second-order valence-electron chi connectivity index (χ2n) is 4.28. The molecule has 3 rings (SSSR count). The standard InChI is InChI=1S/C14H13BrN2O/c15-10-1-3-13(12(16)8-10)17-11-2-4-14-9(7-11)5-6-18-14/h1-4,7-8,17H,5-6,16H2. The molecular formula is C14H13BrN2O. The molecule has 0 radical (unpaired) electrons. The molecule has 2 aromatic rings. The van der Waals surface area contributed by atoms with Crippen molar-refractivity contribution in [2.75, 3.05) is 17.7 Å². The largest absolute Gasteiger partial charge is 0.493 e. The number of anilines is 3. The molecule has 18 heavy (non-hydrogen) atoms. The summed E-state index contributed by atoms with van der Waals surface area (Å²) in [6.45, 7) is 0.777. The third kappa shape index (κ3) is 2.16. The summed E-state index contributed by atoms with van der Waals surface area (Å²) >= 11 is 3.40. The average molecular weight is 305 g/mol. The van der Waals surface area contributed by atoms with E-state index < -0.39 is 0 Å². The van der Waals surface area contributed by atoms with Gasteiger partial charge < -0.3 is 15.8 Å². The van der Waals surface area contributed by atoms with Gasteiger partial charge in [0, 0.05) is 16.6 Å². The highest BCUT2D eigenvalue weighted by Crippen LogP contribution is 2.31. The molecule has 0 atom stereocenters. The van der Waals surface area contributed by atoms with Gasteiger partial charge in [-0.2, -0.15) is 0 Å². The van der Waals surface area contributed by atoms with Crippen molar-refractivity contribution in [2.24, 2.45) is 0 Å². The molecule has 1 aliphatic heterocycles. The summed E-state index contributed by atoms with van der Waals surface area (Å²) < 4.78 is 6.46. The first-order valence-electron chi connectivity index (χ1n) is 5.80. The van der Waals surface area contributed by atoms with Crippen molar-refractivity contribution in [3.05, 3.63) is 46.4 Å². The molecule has 0 unspecified atom stereocenters. The van der Waals surface area contributed by atoms with E-state index in [-0.39, 0.29) is 0 Å². The van der Waals surface area contributed by atoms with Gasteiger partial charge >= 0.3 is 0 Å². The van der Waals surface area contributed by atoms with Gasteiger partial charge in [-0.25, -0.2) is 0 Å². The van der Waals surface area contributed by atoms with E-state index in [1.807, 2.05) is 30.3 Å². The Hall–Kier alpha value is -1.68. The lowest BCUT2D eigenvalue weighted by Gasteiger charge is -2.10. The molecule has 0 saturated heterocycles. The Labute approximate surface area is 114 Å². The maximum atomic E-state index is 5.96. The van der Waals surface area contributed by atoms with Crippen molar-refractivity contribution in [3.8, 4) is 5.75 Å². The van der Waals surface area contributed by atoms with Gasteiger partial charge in [-0.1, -0.05) is 15.9 Å². The molecule has 4 heteroatoms. The van der Waals surface area contributed by atoms with Crippen molar-refractivity contribution in [3.63, 3.8) is 0 Å². The van der Waals surface area contributed by atoms with Crippen LogP contribution >= 0.6 is 15.9 Å². The molecule has 0 fully saturated rings. The van der Waals surface area contributed by atoms with Crippen molar-refractivity contribution in [1.29, 1.82) is 0 Å². The van der Waals surface area contributed by atoms with Crippen LogP contribution in [0.1, 0.15) is 5.56 Å². The second kappa shape index (κ2) is 4.53. The molecule has 1 aliphatic rings. The Morgan fingerprint density at radius 1 is 1.17 bits per heavy atom. The summed E-state index contributed by atoms with van der Waals surface area (Å²) in [7, 11) is 0. The minimum absolute atomic E-state index is 0.723. The first-order chi connectivity index (χ1) is 8.72. The zero-order valence-corrected chi connectivity index (χ0v) is 11.3. The lowest BCUT2D eigenvalue weighted by molar-refractivity contribution is 0.357. The third-order valence-electron chi connectivity index (χ3n) is 2.98. The molecule has 3 N–H and O–H groups in total. The van der Waals surface area contributed by atoms with Crippen molar-refractivity contribution < 1.29 is 4.74 Å². The van der Waals surface area contributed by atoms with Crippen LogP contribution in [-0.4, -0.2) is 6.61 Å². The van der Waals surface area contributed by atoms with Crippen molar-refractivity contribution in [1.82, 2.24) is 0 Å². The van der Waals surface area contributed by atoms with E-state index in [0.717, 1.165) is 40.3 Å². The molecule has 0 bridgehead atoms. The topological polar surface area (TPSA) is 47.3 Å². The number of ether oxygens (including phenoxy) is 1. The number of hydrogen-bond donors (Lipinski definition) is 2. The summed E-state index contributed by atoms with van der Waals surface area (Å²) in [6, 6.07) is 11.9. The van der Waals surface area contributed by atoms with E-state index in [2.05, 4.69) is 27.3 Å². The van der Waals surface area contributed by atoms with Crippen LogP contribution in [0.5, 0.6) is 5.75 Å². The van der Waals surface area contributed by atoms with Gasteiger partial charge in [0.2, 0.25) is 0 Å². The van der Waals surface area contributed by atoms with Crippen LogP contribution in [0.15, 0.2) is 40.9 Å². The highest BCUT2D eigenvalue weighted by Gasteiger charge is 2.12. The Balaban J connectivity index is 1.88. The fourth-order valence-corrected chi connectivity index (χ4v) is 2.45. The molecule has 0 aromatic heterocycles. The maximum absolute atomic E-state index is 5.96. The van der Waals surface area contributed by atoms with Crippen LogP contribution in [-0.2, 0) is 6.42 Å². The van der Waals surface area contributed by atoms with E-state index in [9.17, 15) is 0 Å². The molecule has 0 aliphatic carbocycles. The predicted octanol–water partition coefficient (Wildman–Crippen LogP) is 3.71. The zero-order chi connectivity index (χ0) is 12.5. The summed E-state index contributed by atoms with van der Waals surface area (Å²) in [4.78, 5) is 0. The van der Waals surface area contributed by atoms with Crippen LogP contribution in [0.3, 0.4) is 0 Å². The van der Waals surface area contributed by atoms with Crippen molar-refractivity contribution in [2.45, 2.75) is 6.42 Å². The van der Waals surface area contributed by atoms with Crippen LogP contribution in [0.2, 0.25) is 0 Å². The second-order valence-corrected chi connectivity index (χ2v) is 5.19. The number of rotatable bonds is 2. The number of nitrogens with two attached hydrogens (primary N) is 1. The first kappa shape index (κ1) is 11.4. The highest BCUT2D eigenvalue weighted by atomic mass is 79.9. The smallest absolute Gasteiger partial charge is 0.122 e. The maximum Gasteiger partial charge on any atom is 0.122 e. The average Bonchev–Trinajstić information content (AvgIpc) is 2.80. The minimum atomic E-state index is 0.723. The van der Waals surface area contributed by atoms with E-state index in [1.165, 1.54) is 5.56 Å². The zero-order valence-electron chi connectivity index (χ0n) is 9.74. The molecule has 3 nitrogen and oxygen atoms in total. The van der Waals surface area contributed by atoms with E-state index in [0.29, 0.717) is 0 Å². The molecule has 1 heterocycles. The minimum Gasteiger partial charge on any atom is -0.493 e. The SMILES string of the molecule is Nc1cc(Br)ccc1Nc1ccc2c(c1)CCO2. The number of hydrogen-bond acceptors (Lipinski definition) is 3. The monoisotopic (exact) mass is 304 g/mol. The molecule has 0 spiro atoms. The van der Waals surface area contributed by atoms with Gasteiger partial charge in [0.1, 0.15) is 5.75 Å². The van der Waals surface area contributed by atoms with Crippen molar-refractivity contribution >= 4 is 33.0 Å². The molecular weight excluding hydrogens is 292 g/mol. The predicted molar refractivity (Wildman–Crippen MR) is 77.5 cm³/mol. The summed E-state index contributed by atoms with van der Waals surface area (Å²) in [5, 5.41) is 3.33. The highest BCUT2D eigenvalue weighted by molar-refractivity contribution is 9.10. The Morgan fingerprint density at radius 2 is 2.06 bits per heavy atom. The normalized spacial score (nSPS) is 12.9. The van der Waals surface area contributed by atoms with Gasteiger partial charge in [0.15, 0.2) is 0 Å². The Morgan fingerprint density at radius 3 is 2.89 bits per heavy atom. The van der Waals surface area contributed by atoms with Gasteiger partial charge in [-0.05, 0) is 42.0 Å². The number of nitrogen functional groups attached to an aromatic ring is 1. The number of fused-ring (bicyclic) bond motifs is 1. The molecule has 0 amide bonds. The fourth-order valence-electron chi connectivity index (χ4n) is 2.07. The quantitative estimate of drug-likeness (QED) is 0.832. The third-order valence-corrected chi connectivity index (χ3v) is 3.48. The fraction of sp³-hybridized carbons (Fsp3) is 0.143. The van der Waals surface area contributed by atoms with E-state index in [4.69, 9.17) is 10.5 Å². The molecule has 92 valence electrons. The molecule has 0 saturated carbocycles. The van der Waals surface area contributed by atoms with Crippen LogP contribution in [0.25, 0.3) is 0 Å². The Bertz CT molecular complexity index is 598. The number of benzene rings is 2. The van der Waals surface area contributed by atoms with Gasteiger partial charge in [-0.15, -0.1) is 0 Å². The van der Waals surface area contributed by atoms with E-state index >= 15 is 0 Å². The Kier molecular flexibility index (Phi) is 2.88. The number of halogens is 1. The van der Waals surface area contributed by atoms with Crippen LogP contribution < -0.4 is 15.8 Å². The lowest BCUT2D eigenvalue weighted by atomic mass is 10.1. The number of nitrogens with one attached hydrogen (secondary N) is 1. The lowest BCUT2D eigenvalue weighted by Crippen LogP contribution is -1.96. The van der Waals surface area contributed by atoms with Gasteiger partial charge in [0.05, 0.1) is 18.0 Å². The summed E-state index contributed by atoms with van der Waals surface area (Å²) in [5.41, 5.74) is 9.88.